The van der Waals surface area contributed by atoms with Crippen LogP contribution in [-0.4, -0.2) is 56.6 Å². The average molecular weight is 479 g/mol. The van der Waals surface area contributed by atoms with Crippen LogP contribution in [-0.2, 0) is 11.8 Å². The van der Waals surface area contributed by atoms with Gasteiger partial charge >= 0.3 is 0 Å². The predicted octanol–water partition coefficient (Wildman–Crippen LogP) is 3.85. The first-order valence-electron chi connectivity index (χ1n) is 11.9. The van der Waals surface area contributed by atoms with Gasteiger partial charge in [0.2, 0.25) is 11.8 Å². The molecule has 2 aliphatic rings. The van der Waals surface area contributed by atoms with Crippen LogP contribution in [0.3, 0.4) is 0 Å². The lowest BCUT2D eigenvalue weighted by atomic mass is 10.00. The Morgan fingerprint density at radius 2 is 2.06 bits per heavy atom. The van der Waals surface area contributed by atoms with E-state index in [1.807, 2.05) is 48.7 Å². The first-order valence-corrected chi connectivity index (χ1v) is 11.9. The molecule has 1 saturated heterocycles. The fourth-order valence-corrected chi connectivity index (χ4v) is 5.07. The highest BCUT2D eigenvalue weighted by molar-refractivity contribution is 5.84. The molecule has 5 rings (SSSR count). The molecule has 8 nitrogen and oxygen atoms in total. The summed E-state index contributed by atoms with van der Waals surface area (Å²) in [4.78, 5) is 28.5. The van der Waals surface area contributed by atoms with Crippen molar-refractivity contribution in [2.75, 3.05) is 25.5 Å². The van der Waals surface area contributed by atoms with Crippen LogP contribution in [0.15, 0.2) is 30.6 Å². The number of nitrogens with zero attached hydrogens (tertiary/aromatic N) is 5. The van der Waals surface area contributed by atoms with Gasteiger partial charge in [-0.2, -0.15) is 0 Å². The summed E-state index contributed by atoms with van der Waals surface area (Å²) >= 11 is 0. The van der Waals surface area contributed by atoms with Crippen molar-refractivity contribution in [1.82, 2.24) is 24.4 Å². The smallest absolute Gasteiger partial charge is 0.230 e. The molecule has 1 spiro atoms. The first kappa shape index (κ1) is 23.3. The van der Waals surface area contributed by atoms with E-state index in [0.717, 1.165) is 47.6 Å². The summed E-state index contributed by atoms with van der Waals surface area (Å²) in [6.07, 6.45) is 5.24. The Morgan fingerprint density at radius 3 is 2.69 bits per heavy atom. The standard InChI is InChI=1S/C26H31FN6O2/c1-15(19-10-24(35-5)28-11-20(19)27)25(34)33-13-22(26(14-33)8-9-26)31-23-7-6-18(16(2)29-23)21-12-32(4)17(3)30-21/h6-7,10-12,15,22H,8-9,13-14H2,1-5H3,(H,29,31)/t15?,22-/m1/s1. The van der Waals surface area contributed by atoms with Crippen LogP contribution in [0.1, 0.15) is 42.8 Å². The second kappa shape index (κ2) is 8.62. The Morgan fingerprint density at radius 1 is 1.29 bits per heavy atom. The maximum atomic E-state index is 14.4. The van der Waals surface area contributed by atoms with Gasteiger partial charge in [0.05, 0.1) is 31.0 Å². The second-order valence-electron chi connectivity index (χ2n) is 9.86. The fourth-order valence-electron chi connectivity index (χ4n) is 5.07. The van der Waals surface area contributed by atoms with Crippen LogP contribution >= 0.6 is 0 Å². The molecule has 2 atom stereocenters. The lowest BCUT2D eigenvalue weighted by molar-refractivity contribution is -0.131. The Kier molecular flexibility index (Phi) is 5.73. The number of anilines is 1. The molecule has 0 radical (unpaired) electrons. The summed E-state index contributed by atoms with van der Waals surface area (Å²) in [5, 5.41) is 3.59. The van der Waals surface area contributed by atoms with Crippen molar-refractivity contribution < 1.29 is 13.9 Å². The van der Waals surface area contributed by atoms with Gasteiger partial charge < -0.3 is 19.5 Å². The molecule has 1 amide bonds. The number of nitrogens with one attached hydrogen (secondary N) is 1. The third kappa shape index (κ3) is 4.24. The first-order chi connectivity index (χ1) is 16.7. The topological polar surface area (TPSA) is 85.2 Å². The van der Waals surface area contributed by atoms with Gasteiger partial charge in [-0.15, -0.1) is 0 Å². The van der Waals surface area contributed by atoms with Crippen LogP contribution < -0.4 is 10.1 Å². The second-order valence-corrected chi connectivity index (χ2v) is 9.86. The molecule has 1 saturated carbocycles. The number of rotatable bonds is 6. The maximum Gasteiger partial charge on any atom is 0.230 e. The van der Waals surface area contributed by atoms with E-state index in [2.05, 4.69) is 15.3 Å². The minimum Gasteiger partial charge on any atom is -0.481 e. The normalized spacial score (nSPS) is 19.1. The minimum absolute atomic E-state index is 0.0518. The Hall–Kier alpha value is -3.49. The van der Waals surface area contributed by atoms with Crippen LogP contribution in [0, 0.1) is 25.1 Å². The van der Waals surface area contributed by atoms with Crippen LogP contribution in [0.4, 0.5) is 10.2 Å². The van der Waals surface area contributed by atoms with Crippen molar-refractivity contribution >= 4 is 11.7 Å². The number of ether oxygens (including phenoxy) is 1. The Balaban J connectivity index is 1.31. The lowest BCUT2D eigenvalue weighted by Gasteiger charge is -2.22. The molecule has 4 heterocycles. The minimum atomic E-state index is -0.622. The van der Waals surface area contributed by atoms with Gasteiger partial charge in [-0.05, 0) is 45.7 Å². The lowest BCUT2D eigenvalue weighted by Crippen LogP contribution is -2.34. The highest BCUT2D eigenvalue weighted by atomic mass is 19.1. The number of carbonyl (C=O) groups is 1. The summed E-state index contributed by atoms with van der Waals surface area (Å²) in [7, 11) is 3.46. The van der Waals surface area contributed by atoms with E-state index in [4.69, 9.17) is 9.72 Å². The number of hydrogen-bond acceptors (Lipinski definition) is 6. The number of aryl methyl sites for hydroxylation is 3. The van der Waals surface area contributed by atoms with Gasteiger partial charge in [0, 0.05) is 54.6 Å². The molecule has 1 aliphatic carbocycles. The summed E-state index contributed by atoms with van der Waals surface area (Å²) in [6, 6.07) is 5.64. The van der Waals surface area contributed by atoms with E-state index in [-0.39, 0.29) is 17.4 Å². The van der Waals surface area contributed by atoms with E-state index in [1.54, 1.807) is 6.92 Å². The molecule has 0 aromatic carbocycles. The van der Waals surface area contributed by atoms with Gasteiger partial charge in [-0.1, -0.05) is 0 Å². The molecule has 1 N–H and O–H groups in total. The summed E-state index contributed by atoms with van der Waals surface area (Å²) < 4.78 is 21.6. The highest BCUT2D eigenvalue weighted by Crippen LogP contribution is 2.54. The number of pyridine rings is 2. The van der Waals surface area contributed by atoms with Crippen molar-refractivity contribution in [2.45, 2.75) is 45.6 Å². The third-order valence-corrected chi connectivity index (χ3v) is 7.55. The monoisotopic (exact) mass is 478 g/mol. The number of aromatic nitrogens is 4. The Bertz CT molecular complexity index is 1270. The van der Waals surface area contributed by atoms with E-state index in [9.17, 15) is 9.18 Å². The van der Waals surface area contributed by atoms with Gasteiger partial charge in [0.25, 0.3) is 0 Å². The zero-order valence-corrected chi connectivity index (χ0v) is 20.8. The van der Waals surface area contributed by atoms with Gasteiger partial charge in [0.15, 0.2) is 0 Å². The fraction of sp³-hybridized carbons (Fsp3) is 0.462. The summed E-state index contributed by atoms with van der Waals surface area (Å²) in [5.41, 5.74) is 3.18. The molecule has 3 aromatic heterocycles. The molecule has 0 bridgehead atoms. The largest absolute Gasteiger partial charge is 0.481 e. The van der Waals surface area contributed by atoms with E-state index in [0.29, 0.717) is 24.5 Å². The number of amides is 1. The molecule has 35 heavy (non-hydrogen) atoms. The highest BCUT2D eigenvalue weighted by Gasteiger charge is 2.56. The summed E-state index contributed by atoms with van der Waals surface area (Å²) in [6.45, 7) is 6.94. The van der Waals surface area contributed by atoms with E-state index < -0.39 is 11.7 Å². The molecule has 184 valence electrons. The summed E-state index contributed by atoms with van der Waals surface area (Å²) in [5.74, 6) is 0.839. The number of likely N-dealkylation sites (tertiary alicyclic amines) is 1. The number of imidazole rings is 1. The molecular formula is C26H31FN6O2. The molecule has 1 aliphatic heterocycles. The molecular weight excluding hydrogens is 447 g/mol. The zero-order valence-electron chi connectivity index (χ0n) is 20.8. The average Bonchev–Trinajstić information content (AvgIpc) is 3.43. The van der Waals surface area contributed by atoms with Gasteiger partial charge in [-0.3, -0.25) is 4.79 Å². The number of methoxy groups -OCH3 is 1. The quantitative estimate of drug-likeness (QED) is 0.579. The van der Waals surface area contributed by atoms with Crippen molar-refractivity contribution in [3.8, 4) is 17.1 Å². The number of carbonyl (C=O) groups excluding carboxylic acids is 1. The zero-order chi connectivity index (χ0) is 24.9. The van der Waals surface area contributed by atoms with Crippen LogP contribution in [0.5, 0.6) is 5.88 Å². The SMILES string of the molecule is COc1cc(C(C)C(=O)N2C[C@@H](Nc3ccc(-c4cn(C)c(C)n4)c(C)n3)C3(CC3)C2)c(F)cn1. The van der Waals surface area contributed by atoms with Gasteiger partial charge in [0.1, 0.15) is 17.5 Å². The maximum absolute atomic E-state index is 14.4. The number of hydrogen-bond donors (Lipinski definition) is 1. The number of halogens is 1. The van der Waals surface area contributed by atoms with E-state index in [1.165, 1.54) is 13.2 Å². The molecule has 9 heteroatoms. The Labute approximate surface area is 204 Å². The van der Waals surface area contributed by atoms with Crippen molar-refractivity contribution in [3.05, 3.63) is 53.5 Å². The van der Waals surface area contributed by atoms with Crippen molar-refractivity contribution in [3.63, 3.8) is 0 Å². The van der Waals surface area contributed by atoms with Crippen LogP contribution in [0.2, 0.25) is 0 Å². The van der Waals surface area contributed by atoms with Crippen molar-refractivity contribution in [1.29, 1.82) is 0 Å². The van der Waals surface area contributed by atoms with Gasteiger partial charge in [-0.25, -0.2) is 19.3 Å². The molecule has 3 aromatic rings. The van der Waals surface area contributed by atoms with Crippen molar-refractivity contribution in [2.24, 2.45) is 12.5 Å². The van der Waals surface area contributed by atoms with Crippen LogP contribution in [0.25, 0.3) is 11.3 Å². The predicted molar refractivity (Wildman–Crippen MR) is 131 cm³/mol. The molecule has 1 unspecified atom stereocenters. The van der Waals surface area contributed by atoms with E-state index >= 15 is 0 Å². The molecule has 2 fully saturated rings. The third-order valence-electron chi connectivity index (χ3n) is 7.55.